The van der Waals surface area contributed by atoms with E-state index in [2.05, 4.69) is 232 Å². The van der Waals surface area contributed by atoms with Gasteiger partial charge in [0.1, 0.15) is 33.5 Å². The lowest BCUT2D eigenvalue weighted by molar-refractivity contribution is 0.669. The van der Waals surface area contributed by atoms with Gasteiger partial charge in [0.15, 0.2) is 17.5 Å². The number of fused-ring (bicyclic) bond motifs is 18. The van der Waals surface area contributed by atoms with Gasteiger partial charge in [-0.2, -0.15) is 0 Å². The van der Waals surface area contributed by atoms with E-state index in [4.69, 9.17) is 28.2 Å². The third-order valence-electron chi connectivity index (χ3n) is 17.2. The van der Waals surface area contributed by atoms with Crippen molar-refractivity contribution < 1.29 is 13.3 Å². The van der Waals surface area contributed by atoms with E-state index in [9.17, 15) is 0 Å². The first-order valence-corrected chi connectivity index (χ1v) is 28.2. The van der Waals surface area contributed by atoms with Gasteiger partial charge in [-0.1, -0.05) is 146 Å². The Balaban J connectivity index is 0.813. The van der Waals surface area contributed by atoms with E-state index in [0.717, 1.165) is 165 Å². The van der Waals surface area contributed by atoms with Crippen LogP contribution in [0.2, 0.25) is 0 Å². The van der Waals surface area contributed by atoms with Crippen LogP contribution in [0, 0.1) is 0 Å². The molecule has 0 aliphatic heterocycles. The summed E-state index contributed by atoms with van der Waals surface area (Å²) in [5, 5.41) is 13.5. The third-order valence-corrected chi connectivity index (χ3v) is 17.2. The molecule has 0 spiro atoms. The lowest BCUT2D eigenvalue weighted by atomic mass is 10.1. The molecule has 0 aliphatic carbocycles. The normalized spacial score (nSPS) is 12.3. The smallest absolute Gasteiger partial charge is 0.164 e. The quantitative estimate of drug-likeness (QED) is 0.165. The van der Waals surface area contributed by atoms with Crippen LogP contribution in [-0.2, 0) is 0 Å². The summed E-state index contributed by atoms with van der Waals surface area (Å²) in [4.78, 5) is 16.3. The summed E-state index contributed by atoms with van der Waals surface area (Å²) in [6.45, 7) is 0. The largest absolute Gasteiger partial charge is 0.456 e. The number of para-hydroxylation sites is 6. The highest BCUT2D eigenvalue weighted by molar-refractivity contribution is 6.20. The Morgan fingerprint density at radius 3 is 0.810 bits per heavy atom. The summed E-state index contributed by atoms with van der Waals surface area (Å²) < 4.78 is 26.5. The van der Waals surface area contributed by atoms with Crippen LogP contribution in [0.4, 0.5) is 0 Å². The summed E-state index contributed by atoms with van der Waals surface area (Å²) in [6, 6.07) is 89.6. The predicted octanol–water partition coefficient (Wildman–Crippen LogP) is 19.9. The summed E-state index contributed by atoms with van der Waals surface area (Å²) in [5.74, 6) is 1.63. The molecule has 9 nitrogen and oxygen atoms in total. The van der Waals surface area contributed by atoms with Crippen molar-refractivity contribution >= 4 is 131 Å². The molecule has 390 valence electrons. The summed E-state index contributed by atoms with van der Waals surface area (Å²) >= 11 is 0. The van der Waals surface area contributed by atoms with Gasteiger partial charge in [-0.05, 0) is 91.0 Å². The molecule has 19 aromatic rings. The van der Waals surface area contributed by atoms with Crippen LogP contribution in [0.15, 0.2) is 268 Å². The van der Waals surface area contributed by atoms with Gasteiger partial charge in [-0.25, -0.2) is 15.0 Å². The Hall–Kier alpha value is -11.6. The van der Waals surface area contributed by atoms with Crippen molar-refractivity contribution in [3.8, 4) is 51.2 Å². The molecule has 0 amide bonds. The monoisotopic (exact) mass is 1070 g/mol. The molecule has 0 radical (unpaired) electrons. The Bertz CT molecular complexity index is 5430. The average molecular weight is 1080 g/mol. The van der Waals surface area contributed by atoms with Crippen molar-refractivity contribution in [1.82, 2.24) is 28.7 Å². The van der Waals surface area contributed by atoms with Gasteiger partial charge in [0, 0.05) is 117 Å². The Morgan fingerprint density at radius 2 is 0.488 bits per heavy atom. The van der Waals surface area contributed by atoms with Crippen LogP contribution in [0.1, 0.15) is 0 Å². The molecule has 0 saturated heterocycles. The zero-order valence-corrected chi connectivity index (χ0v) is 44.7. The van der Waals surface area contributed by atoms with Crippen LogP contribution in [0.5, 0.6) is 0 Å². The minimum Gasteiger partial charge on any atom is -0.456 e. The molecule has 7 aromatic heterocycles. The molecule has 0 bridgehead atoms. The van der Waals surface area contributed by atoms with E-state index in [1.165, 1.54) is 0 Å². The minimum atomic E-state index is 0.543. The molecule has 19 rings (SSSR count). The lowest BCUT2D eigenvalue weighted by Crippen LogP contribution is -2.02. The second-order valence-corrected chi connectivity index (χ2v) is 21.9. The Labute approximate surface area is 476 Å². The van der Waals surface area contributed by atoms with Crippen LogP contribution in [-0.4, -0.2) is 28.7 Å². The highest BCUT2D eigenvalue weighted by atomic mass is 16.3. The molecule has 84 heavy (non-hydrogen) atoms. The van der Waals surface area contributed by atoms with E-state index < -0.39 is 0 Å². The van der Waals surface area contributed by atoms with Gasteiger partial charge in [-0.3, -0.25) is 0 Å². The molecule has 0 atom stereocenters. The number of aromatic nitrogens is 6. The van der Waals surface area contributed by atoms with E-state index in [0.29, 0.717) is 17.5 Å². The number of rotatable bonds is 6. The van der Waals surface area contributed by atoms with Gasteiger partial charge in [0.05, 0.1) is 33.1 Å². The van der Waals surface area contributed by atoms with E-state index in [1.54, 1.807) is 0 Å². The molecule has 9 heteroatoms. The topological polar surface area (TPSA) is 92.9 Å². The van der Waals surface area contributed by atoms with Crippen molar-refractivity contribution in [2.75, 3.05) is 0 Å². The SMILES string of the molecule is c1cc(-c2nc(-c3cccc(-n4c5ccccc5c5cc6c(cc54)oc4ccccc46)c3)nc(-c3cccc(-n4c5ccccc5c5cc6c(cc54)oc4ccccc46)c3)n2)cc(-n2c3ccccc3c3cc4c(cc32)oc2ccccc24)c1. The van der Waals surface area contributed by atoms with Crippen LogP contribution < -0.4 is 0 Å². The van der Waals surface area contributed by atoms with E-state index in [1.807, 2.05) is 36.4 Å². The fraction of sp³-hybridized carbons (Fsp3) is 0. The van der Waals surface area contributed by atoms with E-state index >= 15 is 0 Å². The van der Waals surface area contributed by atoms with Crippen molar-refractivity contribution in [1.29, 1.82) is 0 Å². The van der Waals surface area contributed by atoms with Crippen molar-refractivity contribution in [3.63, 3.8) is 0 Å². The van der Waals surface area contributed by atoms with Crippen molar-refractivity contribution in [2.45, 2.75) is 0 Å². The standard InChI is InChI=1S/C75H42N6O3/c1-7-28-61-49(22-1)55-37-58-52-25-4-10-31-67(52)82-70(58)40-64(55)79(61)46-19-13-16-43(34-46)73-76-74(44-17-14-20-47(35-44)80-62-29-8-2-23-50(62)56-38-59-53-26-5-11-32-68(53)83-71(59)41-65(56)80)78-75(77-73)45-18-15-21-48(36-45)81-63-30-9-3-24-51(63)57-39-60-54-27-6-12-33-69(54)84-72(60)42-66(57)81/h1-42H. The van der Waals surface area contributed by atoms with Crippen molar-refractivity contribution in [3.05, 3.63) is 255 Å². The minimum absolute atomic E-state index is 0.543. The van der Waals surface area contributed by atoms with Crippen LogP contribution in [0.3, 0.4) is 0 Å². The molecule has 7 heterocycles. The van der Waals surface area contributed by atoms with E-state index in [-0.39, 0.29) is 0 Å². The third kappa shape index (κ3) is 6.51. The fourth-order valence-corrected chi connectivity index (χ4v) is 13.5. The summed E-state index contributed by atoms with van der Waals surface area (Å²) in [7, 11) is 0. The fourth-order valence-electron chi connectivity index (χ4n) is 13.5. The maximum absolute atomic E-state index is 6.50. The maximum atomic E-state index is 6.50. The molecule has 0 saturated carbocycles. The van der Waals surface area contributed by atoms with Gasteiger partial charge < -0.3 is 27.0 Å². The molecular formula is C75H42N6O3. The Kier molecular flexibility index (Phi) is 9.15. The van der Waals surface area contributed by atoms with Crippen LogP contribution >= 0.6 is 0 Å². The molecular weight excluding hydrogens is 1030 g/mol. The average Bonchev–Trinajstić information content (AvgIpc) is 2.90. The highest BCUT2D eigenvalue weighted by Gasteiger charge is 2.22. The molecule has 0 fully saturated rings. The first-order chi connectivity index (χ1) is 41.6. The highest BCUT2D eigenvalue weighted by Crippen LogP contribution is 2.43. The Morgan fingerprint density at radius 1 is 0.202 bits per heavy atom. The van der Waals surface area contributed by atoms with Gasteiger partial charge in [-0.15, -0.1) is 0 Å². The summed E-state index contributed by atoms with van der Waals surface area (Å²) in [5.41, 5.74) is 17.0. The summed E-state index contributed by atoms with van der Waals surface area (Å²) in [6.07, 6.45) is 0. The number of furan rings is 3. The number of nitrogens with zero attached hydrogens (tertiary/aromatic N) is 6. The van der Waals surface area contributed by atoms with Crippen molar-refractivity contribution in [2.24, 2.45) is 0 Å². The zero-order valence-electron chi connectivity index (χ0n) is 44.7. The molecule has 12 aromatic carbocycles. The molecule has 0 aliphatic rings. The first-order valence-electron chi connectivity index (χ1n) is 28.2. The molecule has 0 N–H and O–H groups in total. The molecule has 0 unspecified atom stereocenters. The van der Waals surface area contributed by atoms with Gasteiger partial charge in [0.25, 0.3) is 0 Å². The number of hydrogen-bond acceptors (Lipinski definition) is 6. The number of benzene rings is 12. The van der Waals surface area contributed by atoms with Gasteiger partial charge >= 0.3 is 0 Å². The predicted molar refractivity (Wildman–Crippen MR) is 341 cm³/mol. The maximum Gasteiger partial charge on any atom is 0.164 e. The first kappa shape index (κ1) is 45.2. The second-order valence-electron chi connectivity index (χ2n) is 21.9. The second kappa shape index (κ2) is 17.0. The van der Waals surface area contributed by atoms with Crippen LogP contribution in [0.25, 0.3) is 182 Å². The lowest BCUT2D eigenvalue weighted by Gasteiger charge is -2.13. The van der Waals surface area contributed by atoms with Gasteiger partial charge in [0.2, 0.25) is 0 Å². The zero-order chi connectivity index (χ0) is 54.7. The number of hydrogen-bond donors (Lipinski definition) is 0.